The zero-order valence-electron chi connectivity index (χ0n) is 8.53. The van der Waals surface area contributed by atoms with Crippen LogP contribution >= 0.6 is 0 Å². The Hall–Kier alpha value is -1.12. The molecule has 0 bridgehead atoms. The summed E-state index contributed by atoms with van der Waals surface area (Å²) in [6.45, 7) is 1.81. The van der Waals surface area contributed by atoms with E-state index >= 15 is 0 Å². The number of hydrogen-bond donors (Lipinski definition) is 1. The van der Waals surface area contributed by atoms with Crippen molar-refractivity contribution in [2.75, 3.05) is 33.4 Å². The lowest BCUT2D eigenvalue weighted by atomic mass is 10.3. The lowest BCUT2D eigenvalue weighted by Gasteiger charge is -2.20. The number of methoxy groups -OCH3 is 1. The summed E-state index contributed by atoms with van der Waals surface area (Å²) in [7, 11) is 1.58. The van der Waals surface area contributed by atoms with Crippen molar-refractivity contribution >= 4 is 5.91 Å². The van der Waals surface area contributed by atoms with E-state index in [1.165, 1.54) is 0 Å². The van der Waals surface area contributed by atoms with E-state index in [-0.39, 0.29) is 5.91 Å². The number of carbonyl (C=O) groups excluding carboxylic acids is 1. The van der Waals surface area contributed by atoms with Gasteiger partial charge in [0.25, 0.3) is 0 Å². The molecule has 0 atom stereocenters. The van der Waals surface area contributed by atoms with Gasteiger partial charge in [-0.25, -0.2) is 0 Å². The van der Waals surface area contributed by atoms with Crippen molar-refractivity contribution in [3.63, 3.8) is 0 Å². The fourth-order valence-corrected chi connectivity index (χ4v) is 1.03. The Morgan fingerprint density at radius 1 is 1.57 bits per heavy atom. The third kappa shape index (κ3) is 5.51. The molecule has 0 saturated heterocycles. The van der Waals surface area contributed by atoms with Crippen LogP contribution in [-0.2, 0) is 9.53 Å². The van der Waals surface area contributed by atoms with Gasteiger partial charge < -0.3 is 15.4 Å². The largest absolute Gasteiger partial charge is 0.383 e. The number of amides is 1. The first-order chi connectivity index (χ1) is 6.76. The molecule has 0 unspecified atom stereocenters. The Kier molecular flexibility index (Phi) is 7.80. The van der Waals surface area contributed by atoms with Crippen molar-refractivity contribution in [1.82, 2.24) is 4.90 Å². The van der Waals surface area contributed by atoms with Gasteiger partial charge >= 0.3 is 0 Å². The molecular weight excluding hydrogens is 182 g/mol. The summed E-state index contributed by atoms with van der Waals surface area (Å²) in [5.41, 5.74) is 5.28. The molecule has 80 valence electrons. The number of nitriles is 1. The summed E-state index contributed by atoms with van der Waals surface area (Å²) in [5.74, 6) is -0.0141. The van der Waals surface area contributed by atoms with Crippen molar-refractivity contribution in [2.45, 2.75) is 12.8 Å². The lowest BCUT2D eigenvalue weighted by molar-refractivity contribution is -0.131. The van der Waals surface area contributed by atoms with E-state index in [9.17, 15) is 4.79 Å². The molecule has 0 fully saturated rings. The number of nitrogens with two attached hydrogens (primary N) is 1. The molecule has 5 nitrogen and oxygen atoms in total. The van der Waals surface area contributed by atoms with Crippen molar-refractivity contribution in [2.24, 2.45) is 5.73 Å². The first-order valence-electron chi connectivity index (χ1n) is 4.60. The molecule has 0 aromatic heterocycles. The van der Waals surface area contributed by atoms with Gasteiger partial charge in [-0.2, -0.15) is 5.26 Å². The Bertz CT molecular complexity index is 201. The minimum atomic E-state index is -0.0141. The SMILES string of the molecule is COCCN(CCC#N)C(=O)CCN. The average Bonchev–Trinajstić information content (AvgIpc) is 2.18. The van der Waals surface area contributed by atoms with E-state index in [0.29, 0.717) is 39.1 Å². The normalized spacial score (nSPS) is 9.50. The second-order valence-corrected chi connectivity index (χ2v) is 2.82. The van der Waals surface area contributed by atoms with E-state index in [0.717, 1.165) is 0 Å². The average molecular weight is 199 g/mol. The molecule has 0 saturated carbocycles. The van der Waals surface area contributed by atoms with Gasteiger partial charge in [-0.3, -0.25) is 4.79 Å². The fraction of sp³-hybridized carbons (Fsp3) is 0.778. The predicted molar refractivity (Wildman–Crippen MR) is 52.4 cm³/mol. The molecule has 0 rings (SSSR count). The van der Waals surface area contributed by atoms with E-state index in [1.54, 1.807) is 12.0 Å². The predicted octanol–water partition coefficient (Wildman–Crippen LogP) is -0.276. The Morgan fingerprint density at radius 3 is 2.79 bits per heavy atom. The number of hydrogen-bond acceptors (Lipinski definition) is 4. The minimum absolute atomic E-state index is 0.0141. The number of ether oxygens (including phenoxy) is 1. The maximum Gasteiger partial charge on any atom is 0.223 e. The highest BCUT2D eigenvalue weighted by atomic mass is 16.5. The van der Waals surface area contributed by atoms with Crippen LogP contribution in [0, 0.1) is 11.3 Å². The van der Waals surface area contributed by atoms with Crippen molar-refractivity contribution in [1.29, 1.82) is 5.26 Å². The van der Waals surface area contributed by atoms with E-state index in [2.05, 4.69) is 0 Å². The second kappa shape index (κ2) is 8.48. The molecule has 1 amide bonds. The van der Waals surface area contributed by atoms with Gasteiger partial charge in [0.2, 0.25) is 5.91 Å². The monoisotopic (exact) mass is 199 g/mol. The molecule has 0 aliphatic heterocycles. The van der Waals surface area contributed by atoms with Gasteiger partial charge in [0.1, 0.15) is 0 Å². The molecule has 2 N–H and O–H groups in total. The van der Waals surface area contributed by atoms with E-state index in [4.69, 9.17) is 15.7 Å². The summed E-state index contributed by atoms with van der Waals surface area (Å²) in [6.07, 6.45) is 0.676. The summed E-state index contributed by atoms with van der Waals surface area (Å²) in [6, 6.07) is 2.01. The molecule has 0 aliphatic carbocycles. The quantitative estimate of drug-likeness (QED) is 0.611. The fourth-order valence-electron chi connectivity index (χ4n) is 1.03. The van der Waals surface area contributed by atoms with Gasteiger partial charge in [0.15, 0.2) is 0 Å². The highest BCUT2D eigenvalue weighted by Crippen LogP contribution is 1.95. The molecule has 0 aromatic carbocycles. The number of carbonyl (C=O) groups is 1. The Morgan fingerprint density at radius 2 is 2.29 bits per heavy atom. The maximum absolute atomic E-state index is 11.4. The highest BCUT2D eigenvalue weighted by molar-refractivity contribution is 5.76. The van der Waals surface area contributed by atoms with Crippen LogP contribution in [-0.4, -0.2) is 44.2 Å². The van der Waals surface area contributed by atoms with Crippen LogP contribution in [0.1, 0.15) is 12.8 Å². The third-order valence-corrected chi connectivity index (χ3v) is 1.77. The van der Waals surface area contributed by atoms with Crippen LogP contribution in [0.15, 0.2) is 0 Å². The van der Waals surface area contributed by atoms with Crippen LogP contribution in [0.25, 0.3) is 0 Å². The highest BCUT2D eigenvalue weighted by Gasteiger charge is 2.11. The topological polar surface area (TPSA) is 79.3 Å². The summed E-state index contributed by atoms with van der Waals surface area (Å²) in [4.78, 5) is 13.0. The smallest absolute Gasteiger partial charge is 0.223 e. The minimum Gasteiger partial charge on any atom is -0.383 e. The third-order valence-electron chi connectivity index (χ3n) is 1.77. The molecule has 14 heavy (non-hydrogen) atoms. The van der Waals surface area contributed by atoms with E-state index < -0.39 is 0 Å². The molecule has 0 radical (unpaired) electrons. The van der Waals surface area contributed by atoms with Gasteiger partial charge in [-0.15, -0.1) is 0 Å². The van der Waals surface area contributed by atoms with Crippen LogP contribution in [0.5, 0.6) is 0 Å². The Labute approximate surface area is 84.4 Å². The van der Waals surface area contributed by atoms with Gasteiger partial charge in [0, 0.05) is 33.2 Å². The van der Waals surface area contributed by atoms with Crippen LogP contribution < -0.4 is 5.73 Å². The summed E-state index contributed by atoms with van der Waals surface area (Å²) >= 11 is 0. The summed E-state index contributed by atoms with van der Waals surface area (Å²) < 4.78 is 4.87. The van der Waals surface area contributed by atoms with Crippen molar-refractivity contribution in [3.05, 3.63) is 0 Å². The molecule has 5 heteroatoms. The second-order valence-electron chi connectivity index (χ2n) is 2.82. The zero-order valence-corrected chi connectivity index (χ0v) is 8.53. The van der Waals surface area contributed by atoms with Crippen molar-refractivity contribution in [3.8, 4) is 6.07 Å². The number of nitrogens with zero attached hydrogens (tertiary/aromatic N) is 2. The standard InChI is InChI=1S/C9H17N3O2/c1-14-8-7-12(6-2-4-10)9(13)3-5-11/h2-3,5-8,11H2,1H3. The van der Waals surface area contributed by atoms with Gasteiger partial charge in [-0.05, 0) is 0 Å². The first-order valence-corrected chi connectivity index (χ1v) is 4.60. The molecule has 0 heterocycles. The number of rotatable bonds is 7. The van der Waals surface area contributed by atoms with Gasteiger partial charge in [0.05, 0.1) is 19.1 Å². The van der Waals surface area contributed by atoms with Crippen LogP contribution in [0.4, 0.5) is 0 Å². The maximum atomic E-state index is 11.4. The first kappa shape index (κ1) is 12.9. The van der Waals surface area contributed by atoms with Crippen LogP contribution in [0.2, 0.25) is 0 Å². The van der Waals surface area contributed by atoms with Crippen LogP contribution in [0.3, 0.4) is 0 Å². The molecular formula is C9H17N3O2. The van der Waals surface area contributed by atoms with Gasteiger partial charge in [-0.1, -0.05) is 0 Å². The Balaban J connectivity index is 3.95. The molecule has 0 aliphatic rings. The lowest BCUT2D eigenvalue weighted by Crippen LogP contribution is -2.35. The molecule has 0 spiro atoms. The molecule has 0 aromatic rings. The summed E-state index contributed by atoms with van der Waals surface area (Å²) in [5, 5.41) is 8.41. The van der Waals surface area contributed by atoms with Crippen molar-refractivity contribution < 1.29 is 9.53 Å². The zero-order chi connectivity index (χ0) is 10.8. The van der Waals surface area contributed by atoms with E-state index in [1.807, 2.05) is 6.07 Å².